The number of ether oxygens (including phenoxy) is 2. The Kier molecular flexibility index (Phi) is 9.71. The molecule has 0 aliphatic carbocycles. The number of carbonyl (C=O) groups excluding carboxylic acids is 1. The Bertz CT molecular complexity index is 1350. The fourth-order valence-electron chi connectivity index (χ4n) is 4.14. The predicted octanol–water partition coefficient (Wildman–Crippen LogP) is 1.72. The molecule has 1 fully saturated rings. The molecule has 1 aliphatic heterocycles. The number of aliphatic hydroxyl groups is 2. The third kappa shape index (κ3) is 7.02. The Hall–Kier alpha value is -3.63. The minimum Gasteiger partial charge on any atom is -0.394 e. The van der Waals surface area contributed by atoms with Gasteiger partial charge in [0.2, 0.25) is 0 Å². The molecule has 3 N–H and O–H groups in total. The first kappa shape index (κ1) is 28.9. The molecule has 0 saturated carbocycles. The van der Waals surface area contributed by atoms with E-state index in [4.69, 9.17) is 9.47 Å². The van der Waals surface area contributed by atoms with Gasteiger partial charge in [-0.25, -0.2) is 4.79 Å². The SMILES string of the molecule is CC(=O)CCC#Cc1ccc([C@H](OCc2cn([C@H]3C[C@@H](O)[C@@H](CO)O3)c(=O)[nH]c2=O)C(C)C)c([N+](=O)[O-])c1. The van der Waals surface area contributed by atoms with Crippen molar-refractivity contribution in [3.8, 4) is 11.8 Å². The van der Waals surface area contributed by atoms with Crippen molar-refractivity contribution in [3.63, 3.8) is 0 Å². The maximum Gasteiger partial charge on any atom is 0.330 e. The Morgan fingerprint density at radius 3 is 2.71 bits per heavy atom. The molecule has 0 amide bonds. The highest BCUT2D eigenvalue weighted by Gasteiger charge is 2.35. The highest BCUT2D eigenvalue weighted by Crippen LogP contribution is 2.34. The summed E-state index contributed by atoms with van der Waals surface area (Å²) in [6, 6.07) is 4.54. The zero-order valence-corrected chi connectivity index (χ0v) is 21.4. The van der Waals surface area contributed by atoms with Crippen molar-refractivity contribution in [3.05, 3.63) is 72.0 Å². The molecule has 0 unspecified atom stereocenters. The average Bonchev–Trinajstić information content (AvgIpc) is 3.23. The molecule has 204 valence electrons. The third-order valence-corrected chi connectivity index (χ3v) is 6.13. The van der Waals surface area contributed by atoms with Crippen LogP contribution in [0.2, 0.25) is 0 Å². The van der Waals surface area contributed by atoms with Gasteiger partial charge >= 0.3 is 5.69 Å². The third-order valence-electron chi connectivity index (χ3n) is 6.13. The van der Waals surface area contributed by atoms with E-state index in [-0.39, 0.29) is 36.0 Å². The van der Waals surface area contributed by atoms with Gasteiger partial charge in [0.25, 0.3) is 11.2 Å². The largest absolute Gasteiger partial charge is 0.394 e. The van der Waals surface area contributed by atoms with Crippen LogP contribution in [0, 0.1) is 27.9 Å². The van der Waals surface area contributed by atoms with Crippen LogP contribution in [0.5, 0.6) is 0 Å². The summed E-state index contributed by atoms with van der Waals surface area (Å²) in [5.74, 6) is 5.46. The molecule has 0 bridgehead atoms. The summed E-state index contributed by atoms with van der Waals surface area (Å²) in [6.07, 6.45) is -1.52. The molecule has 1 aromatic heterocycles. The minimum absolute atomic E-state index is 0.00881. The number of benzene rings is 1. The van der Waals surface area contributed by atoms with Crippen molar-refractivity contribution in [2.75, 3.05) is 6.61 Å². The lowest BCUT2D eigenvalue weighted by molar-refractivity contribution is -0.386. The number of nitro groups is 1. The van der Waals surface area contributed by atoms with E-state index in [1.807, 2.05) is 13.8 Å². The summed E-state index contributed by atoms with van der Waals surface area (Å²) < 4.78 is 12.6. The van der Waals surface area contributed by atoms with Crippen LogP contribution in [0.1, 0.15) is 69.1 Å². The molecule has 38 heavy (non-hydrogen) atoms. The van der Waals surface area contributed by atoms with E-state index in [1.54, 1.807) is 12.1 Å². The number of hydrogen-bond donors (Lipinski definition) is 3. The number of ketones is 1. The second kappa shape index (κ2) is 12.7. The second-order valence-corrected chi connectivity index (χ2v) is 9.45. The first-order valence-corrected chi connectivity index (χ1v) is 12.2. The van der Waals surface area contributed by atoms with E-state index in [1.165, 1.54) is 19.2 Å². The van der Waals surface area contributed by atoms with Gasteiger partial charge in [0.05, 0.1) is 41.5 Å². The van der Waals surface area contributed by atoms with Crippen LogP contribution in [0.4, 0.5) is 5.69 Å². The van der Waals surface area contributed by atoms with E-state index in [0.717, 1.165) is 4.57 Å². The lowest BCUT2D eigenvalue weighted by Crippen LogP contribution is -2.34. The fourth-order valence-corrected chi connectivity index (χ4v) is 4.14. The van der Waals surface area contributed by atoms with Crippen LogP contribution in [-0.2, 0) is 20.9 Å². The van der Waals surface area contributed by atoms with E-state index < -0.39 is 47.3 Å². The number of carbonyl (C=O) groups is 1. The number of nitrogens with one attached hydrogen (secondary N) is 1. The molecule has 1 saturated heterocycles. The Labute approximate surface area is 218 Å². The molecule has 1 aromatic carbocycles. The Morgan fingerprint density at radius 1 is 1.37 bits per heavy atom. The van der Waals surface area contributed by atoms with Gasteiger partial charge in [-0.1, -0.05) is 25.7 Å². The molecule has 2 aromatic rings. The number of nitro benzene ring substituents is 1. The van der Waals surface area contributed by atoms with Gasteiger partial charge in [-0.05, 0) is 25.0 Å². The first-order valence-electron chi connectivity index (χ1n) is 12.2. The number of nitrogens with zero attached hydrogens (tertiary/aromatic N) is 2. The molecule has 1 aliphatic rings. The van der Waals surface area contributed by atoms with Crippen molar-refractivity contribution in [1.29, 1.82) is 0 Å². The highest BCUT2D eigenvalue weighted by atomic mass is 16.6. The smallest absolute Gasteiger partial charge is 0.330 e. The van der Waals surface area contributed by atoms with E-state index in [9.17, 15) is 34.7 Å². The predicted molar refractivity (Wildman–Crippen MR) is 135 cm³/mol. The lowest BCUT2D eigenvalue weighted by Gasteiger charge is -2.22. The average molecular weight is 530 g/mol. The molecule has 0 radical (unpaired) electrons. The number of Topliss-reactive ketones (excluding diaryl/α,β-unsaturated/α-hetero) is 1. The van der Waals surface area contributed by atoms with Gasteiger partial charge in [-0.3, -0.25) is 29.3 Å². The highest BCUT2D eigenvalue weighted by molar-refractivity contribution is 5.75. The summed E-state index contributed by atoms with van der Waals surface area (Å²) in [6.45, 7) is 4.41. The minimum atomic E-state index is -0.976. The second-order valence-electron chi connectivity index (χ2n) is 9.45. The number of aliphatic hydroxyl groups excluding tert-OH is 2. The fraction of sp³-hybridized carbons (Fsp3) is 0.500. The molecular weight excluding hydrogens is 498 g/mol. The monoisotopic (exact) mass is 529 g/mol. The van der Waals surface area contributed by atoms with Crippen LogP contribution >= 0.6 is 0 Å². The van der Waals surface area contributed by atoms with Crippen LogP contribution in [0.15, 0.2) is 34.0 Å². The molecule has 3 rings (SSSR count). The van der Waals surface area contributed by atoms with E-state index in [0.29, 0.717) is 24.0 Å². The van der Waals surface area contributed by atoms with Gasteiger partial charge in [0.15, 0.2) is 0 Å². The number of H-pyrrole nitrogens is 1. The van der Waals surface area contributed by atoms with Gasteiger partial charge < -0.3 is 19.7 Å². The number of aromatic nitrogens is 2. The summed E-state index contributed by atoms with van der Waals surface area (Å²) >= 11 is 0. The molecular formula is C26H31N3O9. The maximum atomic E-state index is 12.5. The zero-order chi connectivity index (χ0) is 28.0. The lowest BCUT2D eigenvalue weighted by atomic mass is 9.96. The molecule has 0 spiro atoms. The Morgan fingerprint density at radius 2 is 2.11 bits per heavy atom. The normalized spacial score (nSPS) is 19.7. The standard InChI is InChI=1S/C26H31N3O9/c1-15(2)24(19-9-8-17(10-20(19)29(35)36)7-5-4-6-16(3)31)37-14-18-12-28(26(34)27-25(18)33)23-11-21(32)22(13-30)38-23/h8-10,12,15,21-24,30,32H,4,6,11,13-14H2,1-3H3,(H,27,33,34)/t21-,22-,23-,24-/m1/s1. The van der Waals surface area contributed by atoms with Gasteiger partial charge in [-0.2, -0.15) is 0 Å². The summed E-state index contributed by atoms with van der Waals surface area (Å²) in [5.41, 5.74) is -0.810. The summed E-state index contributed by atoms with van der Waals surface area (Å²) in [4.78, 5) is 49.5. The number of rotatable bonds is 10. The van der Waals surface area contributed by atoms with Crippen LogP contribution in [-0.4, -0.2) is 49.3 Å². The van der Waals surface area contributed by atoms with Crippen molar-refractivity contribution < 1.29 is 29.4 Å². The van der Waals surface area contributed by atoms with Gasteiger partial charge in [-0.15, -0.1) is 0 Å². The van der Waals surface area contributed by atoms with E-state index >= 15 is 0 Å². The van der Waals surface area contributed by atoms with Crippen molar-refractivity contribution in [2.45, 2.75) is 71.2 Å². The number of hydrogen-bond acceptors (Lipinski definition) is 9. The quantitative estimate of drug-likeness (QED) is 0.235. The first-order chi connectivity index (χ1) is 18.0. The van der Waals surface area contributed by atoms with Crippen LogP contribution in [0.3, 0.4) is 0 Å². The van der Waals surface area contributed by atoms with Crippen molar-refractivity contribution in [1.82, 2.24) is 9.55 Å². The molecule has 2 heterocycles. The van der Waals surface area contributed by atoms with Crippen LogP contribution in [0.25, 0.3) is 0 Å². The maximum absolute atomic E-state index is 12.5. The van der Waals surface area contributed by atoms with Gasteiger partial charge in [0, 0.05) is 37.1 Å². The summed E-state index contributed by atoms with van der Waals surface area (Å²) in [5, 5.41) is 31.2. The number of aromatic amines is 1. The zero-order valence-electron chi connectivity index (χ0n) is 21.4. The molecule has 12 nitrogen and oxygen atoms in total. The van der Waals surface area contributed by atoms with Gasteiger partial charge in [0.1, 0.15) is 18.1 Å². The van der Waals surface area contributed by atoms with Crippen molar-refractivity contribution in [2.24, 2.45) is 5.92 Å². The molecule has 4 atom stereocenters. The molecule has 12 heteroatoms. The summed E-state index contributed by atoms with van der Waals surface area (Å²) in [7, 11) is 0. The van der Waals surface area contributed by atoms with Crippen LogP contribution < -0.4 is 11.2 Å². The van der Waals surface area contributed by atoms with Crippen molar-refractivity contribution >= 4 is 11.5 Å². The topological polar surface area (TPSA) is 174 Å². The Balaban J connectivity index is 1.85. The van der Waals surface area contributed by atoms with E-state index in [2.05, 4.69) is 16.8 Å².